The predicted molar refractivity (Wildman–Crippen MR) is 564 cm³/mol. The number of thioether (sulfide) groups is 3. The van der Waals surface area contributed by atoms with E-state index in [0.717, 1.165) is 39.5 Å². The van der Waals surface area contributed by atoms with Crippen molar-refractivity contribution in [2.24, 2.45) is 29.6 Å². The zero-order valence-electron chi connectivity index (χ0n) is 84.9. The van der Waals surface area contributed by atoms with Crippen LogP contribution >= 0.6 is 35.3 Å². The van der Waals surface area contributed by atoms with Gasteiger partial charge >= 0.3 is 12.1 Å². The standard InChI is InChI=1S/C24H38N4O4.C23H30N2O4S.C21H34N4O2.C21H28N2O3S.C20H23NO3S/c1-16(2)13-21(30)26-15-20(29)19(14-18-9-6-5-7-10-18)27-23(31)22(17(3)4)28-12-8-11-25-24(28)32;1-15(2)12-22(28)24-13-21(27)19(14-30-17-8-5-4-6-9-17)25-23(29)18-10-7-11-20(26)16(18)3;1-15(2)19(25-12-8-11-22-21(25)27)20(26)24-18(14-23-16(3)4)13-17-9-6-5-7-10-17;1-14(2)22-12-20(25)18(13-27-16-8-5-4-6-9-16)23-21(26)17-10-7-11-19(24)15(17)3;1-13(2)19(23)17(12-25-15-8-5-4-6-9-15)21-20(24)16-10-7-11-18(22)14(16)3/h5-7,9-10,16-17,19-20,22,29H,8,11-15H2,1-4H3,(H,25,32)(H,26,30)(H,27,31);4-11,15,19,21,26-27H,12-14H2,1-3H3,(H,24,28)(H,25,29);5-7,9-10,15-16,18-19,23H,8,11-14H2,1-4H3,(H,22,27)(H,24,26);4-11,14,18,20,22,24-25H,12-13H2,1-3H3,(H,23,26);4-11,13,17,22H,12H2,1-3H3,(H,21,24)/t19-,20-,22-;19-,21?;18-,19-;18-,20?;17-/m00000/s1. The van der Waals surface area contributed by atoms with Gasteiger partial charge in [0.1, 0.15) is 29.3 Å². The number of rotatable bonds is 46. The third-order valence-corrected chi connectivity index (χ3v) is 26.5. The number of phenols is 3. The second-order valence-electron chi connectivity index (χ2n) is 37.7. The summed E-state index contributed by atoms with van der Waals surface area (Å²) in [4.78, 5) is 132. The van der Waals surface area contributed by atoms with E-state index < -0.39 is 54.6 Å². The van der Waals surface area contributed by atoms with Crippen LogP contribution in [0.3, 0.4) is 0 Å². The van der Waals surface area contributed by atoms with E-state index in [2.05, 4.69) is 84.5 Å². The van der Waals surface area contributed by atoms with E-state index in [1.54, 1.807) is 84.8 Å². The first-order chi connectivity index (χ1) is 67.1. The molecule has 0 aliphatic carbocycles. The van der Waals surface area contributed by atoms with Crippen LogP contribution in [0, 0.1) is 50.4 Å². The molecule has 17 N–H and O–H groups in total. The monoisotopic (exact) mass is 2000 g/mol. The van der Waals surface area contributed by atoms with E-state index in [1.807, 2.05) is 223 Å². The molecule has 0 saturated carbocycles. The molecule has 29 nitrogen and oxygen atoms in total. The second kappa shape index (κ2) is 62.7. The minimum Gasteiger partial charge on any atom is -0.508 e. The number of urea groups is 2. The van der Waals surface area contributed by atoms with Crippen molar-refractivity contribution in [3.8, 4) is 17.2 Å². The first-order valence-electron chi connectivity index (χ1n) is 48.8. The quantitative estimate of drug-likeness (QED) is 0.0158. The lowest BCUT2D eigenvalue weighted by molar-refractivity contribution is -0.129. The van der Waals surface area contributed by atoms with Gasteiger partial charge in [0.2, 0.25) is 23.6 Å². The molecule has 141 heavy (non-hydrogen) atoms. The number of ketones is 1. The summed E-state index contributed by atoms with van der Waals surface area (Å²) in [5, 5.41) is 94.2. The largest absolute Gasteiger partial charge is 0.508 e. The molecule has 8 aromatic rings. The number of aromatic hydroxyl groups is 3. The summed E-state index contributed by atoms with van der Waals surface area (Å²) in [7, 11) is 0. The Hall–Kier alpha value is -11.5. The number of benzene rings is 8. The van der Waals surface area contributed by atoms with Gasteiger partial charge in [0.25, 0.3) is 17.7 Å². The lowest BCUT2D eigenvalue weighted by Gasteiger charge is -2.37. The number of carbonyl (C=O) groups is 10. The zero-order valence-corrected chi connectivity index (χ0v) is 87.3. The number of phenolic OH excluding ortho intramolecular Hbond substituents is 3. The topological polar surface area (TPSA) is 431 Å². The van der Waals surface area contributed by atoms with Crippen LogP contribution in [0.5, 0.6) is 17.2 Å². The summed E-state index contributed by atoms with van der Waals surface area (Å²) in [5.41, 5.74) is 4.79. The lowest BCUT2D eigenvalue weighted by atomic mass is 9.97. The van der Waals surface area contributed by atoms with Crippen molar-refractivity contribution in [2.75, 3.05) is 69.6 Å². The maximum Gasteiger partial charge on any atom is 0.318 e. The Labute approximate surface area is 846 Å². The van der Waals surface area contributed by atoms with E-state index in [1.165, 1.54) is 41.2 Å². The average Bonchev–Trinajstić information content (AvgIpc) is 0.468. The SMILES string of the molecule is CC(C)CC(=O)NC[C@H](O)[C@H](Cc1ccccc1)NC(=O)[C@H](C(C)C)N1CCCNC1=O.CC(C)NC[C@H](Cc1ccccc1)NC(=O)[C@H](C(C)C)N1CCCNC1=O.Cc1c(O)cccc1C(=O)N[C@@H](CSc1ccccc1)C(=O)C(C)C.Cc1c(O)cccc1C(=O)N[C@@H](CSc1ccccc1)C(O)CNC(=O)CC(C)C.Cc1c(O)cccc1C(=O)N[C@@H](CSc1ccccc1)C(O)CNC(C)C. The molecular weight excluding hydrogens is 1840 g/mol. The fourth-order valence-corrected chi connectivity index (χ4v) is 18.2. The molecule has 2 aliphatic rings. The highest BCUT2D eigenvalue weighted by Gasteiger charge is 2.38. The lowest BCUT2D eigenvalue weighted by Crippen LogP contribution is -2.60. The molecule has 0 radical (unpaired) electrons. The minimum atomic E-state index is -0.974. The van der Waals surface area contributed by atoms with Crippen molar-refractivity contribution in [2.45, 2.75) is 244 Å². The highest BCUT2D eigenvalue weighted by atomic mass is 32.2. The summed E-state index contributed by atoms with van der Waals surface area (Å²) in [5.74, 6) is 0.160. The molecule has 0 spiro atoms. The van der Waals surface area contributed by atoms with E-state index >= 15 is 0 Å². The number of carbonyl (C=O) groups excluding carboxylic acids is 10. The van der Waals surface area contributed by atoms with E-state index in [4.69, 9.17) is 0 Å². The zero-order chi connectivity index (χ0) is 104. The van der Waals surface area contributed by atoms with Gasteiger partial charge in [-0.2, -0.15) is 0 Å². The van der Waals surface area contributed by atoms with Crippen LogP contribution < -0.4 is 58.5 Å². The second-order valence-corrected chi connectivity index (χ2v) is 41.0. The molecule has 2 fully saturated rings. The van der Waals surface area contributed by atoms with Gasteiger partial charge in [-0.05, 0) is 154 Å². The normalized spacial score (nSPS) is 14.5. The molecule has 768 valence electrons. The number of hydrogen-bond donors (Lipinski definition) is 17. The van der Waals surface area contributed by atoms with Crippen LogP contribution in [0.1, 0.15) is 182 Å². The Morgan fingerprint density at radius 1 is 0.376 bits per heavy atom. The molecule has 32 heteroatoms. The van der Waals surface area contributed by atoms with Crippen LogP contribution in [0.4, 0.5) is 9.59 Å². The number of hydrogen-bond acceptors (Lipinski definition) is 21. The molecule has 2 saturated heterocycles. The van der Waals surface area contributed by atoms with Crippen molar-refractivity contribution in [3.05, 3.63) is 251 Å². The smallest absolute Gasteiger partial charge is 0.318 e. The number of aliphatic hydroxyl groups is 3. The van der Waals surface area contributed by atoms with Crippen LogP contribution in [0.15, 0.2) is 221 Å². The van der Waals surface area contributed by atoms with Crippen LogP contribution in [0.2, 0.25) is 0 Å². The third kappa shape index (κ3) is 42.7. The molecule has 10 rings (SSSR count). The van der Waals surface area contributed by atoms with Crippen LogP contribution in [-0.2, 0) is 36.8 Å². The summed E-state index contributed by atoms with van der Waals surface area (Å²) in [6.45, 7) is 36.1. The van der Waals surface area contributed by atoms with E-state index in [-0.39, 0.29) is 131 Å². The molecule has 2 heterocycles. The van der Waals surface area contributed by atoms with Gasteiger partial charge in [-0.15, -0.1) is 35.3 Å². The molecule has 11 amide bonds. The van der Waals surface area contributed by atoms with E-state index in [9.17, 15) is 78.6 Å². The Morgan fingerprint density at radius 3 is 1.06 bits per heavy atom. The summed E-state index contributed by atoms with van der Waals surface area (Å²) in [6.07, 6.45) is 0.897. The molecule has 0 aromatic heterocycles. The minimum absolute atomic E-state index is 0.00501. The fourth-order valence-electron chi connectivity index (χ4n) is 15.2. The van der Waals surface area contributed by atoms with Crippen molar-refractivity contribution < 1.29 is 78.6 Å². The summed E-state index contributed by atoms with van der Waals surface area (Å²) >= 11 is 4.63. The van der Waals surface area contributed by atoms with Gasteiger partial charge in [-0.1, -0.05) is 230 Å². The van der Waals surface area contributed by atoms with Gasteiger partial charge in [0.05, 0.1) is 42.5 Å². The molecule has 8 aromatic carbocycles. The number of amides is 11. The van der Waals surface area contributed by atoms with Crippen molar-refractivity contribution >= 4 is 94.5 Å². The highest BCUT2D eigenvalue weighted by Crippen LogP contribution is 2.28. The number of aliphatic hydroxyl groups excluding tert-OH is 3. The maximum atomic E-state index is 13.3. The third-order valence-electron chi connectivity index (χ3n) is 23.1. The van der Waals surface area contributed by atoms with Crippen molar-refractivity contribution in [3.63, 3.8) is 0 Å². The van der Waals surface area contributed by atoms with Crippen molar-refractivity contribution in [1.82, 2.24) is 68.3 Å². The van der Waals surface area contributed by atoms with Gasteiger partial charge in [-0.25, -0.2) is 9.59 Å². The van der Waals surface area contributed by atoms with Gasteiger partial charge in [0, 0.05) is 155 Å². The first kappa shape index (κ1) is 118. The predicted octanol–water partition coefficient (Wildman–Crippen LogP) is 13.7. The number of nitrogens with one attached hydrogen (secondary N) is 11. The first-order valence-corrected chi connectivity index (χ1v) is 51.8. The fraction of sp³-hybridized carbons (Fsp3) is 0.468. The van der Waals surface area contributed by atoms with E-state index in [0.29, 0.717) is 115 Å². The van der Waals surface area contributed by atoms with Gasteiger partial charge < -0.3 is 98.9 Å². The van der Waals surface area contributed by atoms with Crippen LogP contribution in [0.25, 0.3) is 0 Å². The molecule has 10 atom stereocenters. The Balaban J connectivity index is 0.000000271. The molecular formula is C109H153N13O16S3. The Kier molecular flexibility index (Phi) is 52.6. The van der Waals surface area contributed by atoms with Gasteiger partial charge in [0.15, 0.2) is 5.78 Å². The average molecular weight is 2000 g/mol. The van der Waals surface area contributed by atoms with Crippen molar-refractivity contribution in [1.29, 1.82) is 0 Å². The maximum absolute atomic E-state index is 13.3. The summed E-state index contributed by atoms with van der Waals surface area (Å²) in [6, 6.07) is 60.3. The summed E-state index contributed by atoms with van der Waals surface area (Å²) < 4.78 is 0. The number of Topliss-reactive ketones (excluding diaryl/α,β-unsaturated/α-hetero) is 1. The highest BCUT2D eigenvalue weighted by molar-refractivity contribution is 7.99. The molecule has 2 aliphatic heterocycles. The Morgan fingerprint density at radius 2 is 0.709 bits per heavy atom. The van der Waals surface area contributed by atoms with Gasteiger partial charge in [-0.3, -0.25) is 38.4 Å². The number of nitrogens with zero attached hydrogens (tertiary/aromatic N) is 2. The molecule has 2 unspecified atom stereocenters. The molecule has 0 bridgehead atoms. The van der Waals surface area contributed by atoms with Crippen LogP contribution in [-0.4, -0.2) is 242 Å². The Bertz CT molecular complexity index is 5150.